The van der Waals surface area contributed by atoms with Crippen LogP contribution in [0.3, 0.4) is 0 Å². The number of furan rings is 1. The summed E-state index contributed by atoms with van der Waals surface area (Å²) in [5.74, 6) is 0.451. The molecule has 5 heteroatoms. The number of hydrogen-bond donors (Lipinski definition) is 0. The van der Waals surface area contributed by atoms with Crippen molar-refractivity contribution in [3.8, 4) is 39.3 Å². The lowest BCUT2D eigenvalue weighted by atomic mass is 9.89. The molecular formula is C59H34N4O. The molecule has 14 aromatic rings. The Bertz CT molecular complexity index is 4250. The van der Waals surface area contributed by atoms with Crippen molar-refractivity contribution in [2.24, 2.45) is 0 Å². The molecule has 0 saturated heterocycles. The van der Waals surface area contributed by atoms with E-state index in [1.807, 2.05) is 12.1 Å². The molecule has 0 aliphatic heterocycles. The third kappa shape index (κ3) is 4.47. The van der Waals surface area contributed by atoms with Crippen molar-refractivity contribution in [1.29, 1.82) is 0 Å². The van der Waals surface area contributed by atoms with Gasteiger partial charge >= 0.3 is 0 Å². The fraction of sp³-hybridized carbons (Fsp3) is 0.0169. The monoisotopic (exact) mass is 814 g/mol. The van der Waals surface area contributed by atoms with Gasteiger partial charge in [0.25, 0.3) is 0 Å². The largest absolute Gasteiger partial charge is 0.438 e. The van der Waals surface area contributed by atoms with Crippen molar-refractivity contribution >= 4 is 82.0 Å². The Balaban J connectivity index is 1.04. The van der Waals surface area contributed by atoms with E-state index in [2.05, 4.69) is 197 Å². The predicted molar refractivity (Wildman–Crippen MR) is 262 cm³/mol. The number of aromatic nitrogens is 4. The minimum atomic E-state index is -0.189. The van der Waals surface area contributed by atoms with Crippen molar-refractivity contribution < 1.29 is 4.42 Å². The van der Waals surface area contributed by atoms with Gasteiger partial charge in [-0.25, -0.2) is 4.98 Å². The summed E-state index contributed by atoms with van der Waals surface area (Å²) in [4.78, 5) is 11.0. The standard InChI is InChI=1S/C59H34N4O/c1-3-15-34(16-4-1)35-27-29-40-45-33-46-52(54-43-22-10-13-25-48(43)63(57(45)54)50(40)31-35)41-20-7-8-21-42(41)53(46)56-55-44-23-11-14-26-51(44)64-59(55)61-58(60-56)36-28-30-39-38-19-9-12-24-47(38)62(49(39)32-36)37-17-5-2-6-18-37/h1-33,53H. The highest BCUT2D eigenvalue weighted by atomic mass is 16.3. The molecule has 0 amide bonds. The minimum absolute atomic E-state index is 0.189. The first-order chi connectivity index (χ1) is 31.8. The summed E-state index contributed by atoms with van der Waals surface area (Å²) < 4.78 is 11.6. The second-order valence-corrected chi connectivity index (χ2v) is 17.2. The van der Waals surface area contributed by atoms with Gasteiger partial charge in [0.2, 0.25) is 5.71 Å². The highest BCUT2D eigenvalue weighted by Crippen LogP contribution is 2.56. The first-order valence-corrected chi connectivity index (χ1v) is 21.9. The molecule has 0 radical (unpaired) electrons. The van der Waals surface area contributed by atoms with Gasteiger partial charge in [0.1, 0.15) is 5.58 Å². The van der Waals surface area contributed by atoms with Crippen LogP contribution in [0.4, 0.5) is 0 Å². The van der Waals surface area contributed by atoms with E-state index in [-0.39, 0.29) is 5.92 Å². The SMILES string of the molecule is c1ccc(-c2ccc3c4cc5c(c6c7ccccc7n(c3c2)c46)-c2ccccc2C5c2nc(-c3ccc4c5ccccc5n(-c5ccccc5)c4c3)nc3oc4ccccc4c23)cc1. The fourth-order valence-electron chi connectivity index (χ4n) is 11.3. The molecule has 1 atom stereocenters. The van der Waals surface area contributed by atoms with Crippen LogP contribution in [0.5, 0.6) is 0 Å². The van der Waals surface area contributed by atoms with E-state index in [9.17, 15) is 0 Å². The van der Waals surface area contributed by atoms with Crippen molar-refractivity contribution in [2.75, 3.05) is 0 Å². The molecular weight excluding hydrogens is 781 g/mol. The molecule has 9 aromatic carbocycles. The molecule has 15 rings (SSSR count). The van der Waals surface area contributed by atoms with Crippen molar-refractivity contribution in [3.63, 3.8) is 0 Å². The van der Waals surface area contributed by atoms with Gasteiger partial charge in [-0.2, -0.15) is 4.98 Å². The molecule has 64 heavy (non-hydrogen) atoms. The summed E-state index contributed by atoms with van der Waals surface area (Å²) in [5.41, 5.74) is 17.8. The minimum Gasteiger partial charge on any atom is -0.438 e. The van der Waals surface area contributed by atoms with Crippen LogP contribution in [0.2, 0.25) is 0 Å². The summed E-state index contributed by atoms with van der Waals surface area (Å²) in [5, 5.41) is 9.41. The van der Waals surface area contributed by atoms with Gasteiger partial charge in [-0.05, 0) is 81.9 Å². The van der Waals surface area contributed by atoms with Gasteiger partial charge in [0, 0.05) is 49.0 Å². The van der Waals surface area contributed by atoms with Crippen molar-refractivity contribution in [3.05, 3.63) is 217 Å². The first kappa shape index (κ1) is 34.1. The van der Waals surface area contributed by atoms with E-state index >= 15 is 0 Å². The van der Waals surface area contributed by atoms with Gasteiger partial charge in [0.15, 0.2) is 5.82 Å². The molecule has 296 valence electrons. The highest BCUT2D eigenvalue weighted by Gasteiger charge is 2.37. The van der Waals surface area contributed by atoms with E-state index in [0.717, 1.165) is 44.3 Å². The molecule has 5 heterocycles. The third-order valence-corrected chi connectivity index (χ3v) is 13.9. The van der Waals surface area contributed by atoms with Crippen LogP contribution in [0.15, 0.2) is 205 Å². The average molecular weight is 815 g/mol. The van der Waals surface area contributed by atoms with Gasteiger partial charge in [0.05, 0.1) is 44.6 Å². The Morgan fingerprint density at radius 1 is 0.422 bits per heavy atom. The van der Waals surface area contributed by atoms with Crippen LogP contribution >= 0.6 is 0 Å². The van der Waals surface area contributed by atoms with Crippen molar-refractivity contribution in [1.82, 2.24) is 18.9 Å². The van der Waals surface area contributed by atoms with Crippen LogP contribution in [0, 0.1) is 0 Å². The topological polar surface area (TPSA) is 48.3 Å². The molecule has 0 saturated carbocycles. The number of hydrogen-bond acceptors (Lipinski definition) is 3. The zero-order valence-electron chi connectivity index (χ0n) is 34.3. The van der Waals surface area contributed by atoms with E-state index in [1.54, 1.807) is 0 Å². The number of fused-ring (bicyclic) bond motifs is 16. The summed E-state index contributed by atoms with van der Waals surface area (Å²) in [7, 11) is 0. The van der Waals surface area contributed by atoms with E-state index in [4.69, 9.17) is 14.4 Å². The van der Waals surface area contributed by atoms with Crippen LogP contribution in [0.1, 0.15) is 22.7 Å². The van der Waals surface area contributed by atoms with Crippen LogP contribution in [0.25, 0.3) is 121 Å². The maximum atomic E-state index is 6.72. The number of para-hydroxylation sites is 4. The zero-order valence-corrected chi connectivity index (χ0v) is 34.3. The molecule has 1 aliphatic rings. The Morgan fingerprint density at radius 2 is 1.08 bits per heavy atom. The van der Waals surface area contributed by atoms with Crippen LogP contribution in [-0.4, -0.2) is 18.9 Å². The fourth-order valence-corrected chi connectivity index (χ4v) is 11.3. The number of rotatable bonds is 4. The summed E-state index contributed by atoms with van der Waals surface area (Å²) in [6.45, 7) is 0. The van der Waals surface area contributed by atoms with Gasteiger partial charge < -0.3 is 13.4 Å². The Morgan fingerprint density at radius 3 is 1.94 bits per heavy atom. The summed E-state index contributed by atoms with van der Waals surface area (Å²) in [6.07, 6.45) is 0. The van der Waals surface area contributed by atoms with Crippen LogP contribution in [-0.2, 0) is 0 Å². The lowest BCUT2D eigenvalue weighted by molar-refractivity contribution is 0.652. The quantitative estimate of drug-likeness (QED) is 0.178. The lowest BCUT2D eigenvalue weighted by Gasteiger charge is -2.16. The van der Waals surface area contributed by atoms with Crippen molar-refractivity contribution in [2.45, 2.75) is 5.92 Å². The van der Waals surface area contributed by atoms with E-state index in [0.29, 0.717) is 11.5 Å². The maximum absolute atomic E-state index is 6.72. The zero-order chi connectivity index (χ0) is 41.6. The molecule has 1 aliphatic carbocycles. The second kappa shape index (κ2) is 12.5. The summed E-state index contributed by atoms with van der Waals surface area (Å²) in [6, 6.07) is 72.3. The molecule has 5 nitrogen and oxygen atoms in total. The first-order valence-electron chi connectivity index (χ1n) is 21.9. The van der Waals surface area contributed by atoms with Gasteiger partial charge in [-0.3, -0.25) is 0 Å². The van der Waals surface area contributed by atoms with Gasteiger partial charge in [-0.1, -0.05) is 152 Å². The van der Waals surface area contributed by atoms with E-state index < -0.39 is 0 Å². The Hall–Kier alpha value is -8.54. The smallest absolute Gasteiger partial charge is 0.231 e. The molecule has 0 N–H and O–H groups in total. The summed E-state index contributed by atoms with van der Waals surface area (Å²) >= 11 is 0. The maximum Gasteiger partial charge on any atom is 0.231 e. The van der Waals surface area contributed by atoms with Gasteiger partial charge in [-0.15, -0.1) is 0 Å². The molecule has 1 unspecified atom stereocenters. The molecule has 5 aromatic heterocycles. The molecule has 0 fully saturated rings. The lowest BCUT2D eigenvalue weighted by Crippen LogP contribution is -2.05. The second-order valence-electron chi connectivity index (χ2n) is 17.2. The normalized spacial score (nSPS) is 13.8. The number of benzene rings is 9. The molecule has 0 bridgehead atoms. The predicted octanol–water partition coefficient (Wildman–Crippen LogP) is 15.1. The third-order valence-electron chi connectivity index (χ3n) is 13.9. The molecule has 0 spiro atoms. The Labute approximate surface area is 366 Å². The Kier molecular flexibility index (Phi) is 6.67. The van der Waals surface area contributed by atoms with Crippen LogP contribution < -0.4 is 0 Å². The number of nitrogens with zero attached hydrogens (tertiary/aromatic N) is 4. The average Bonchev–Trinajstić information content (AvgIpc) is 4.15. The van der Waals surface area contributed by atoms with E-state index in [1.165, 1.54) is 82.2 Å². The highest BCUT2D eigenvalue weighted by molar-refractivity contribution is 6.28.